The van der Waals surface area contributed by atoms with E-state index in [0.29, 0.717) is 5.56 Å². The molecule has 9 atom stereocenters. The van der Waals surface area contributed by atoms with E-state index in [1.54, 1.807) is 12.1 Å². The van der Waals surface area contributed by atoms with Crippen molar-refractivity contribution >= 4 is 11.0 Å². The summed E-state index contributed by atoms with van der Waals surface area (Å²) in [6, 6.07) is 10.0. The molecule has 2 aromatic carbocycles. The molecule has 14 heteroatoms. The van der Waals surface area contributed by atoms with Crippen molar-refractivity contribution in [2.45, 2.75) is 55.3 Å². The Balaban J connectivity index is 1.37. The molecule has 2 aliphatic heterocycles. The van der Waals surface area contributed by atoms with Crippen LogP contribution in [0, 0.1) is 0 Å². The second-order valence-corrected chi connectivity index (χ2v) is 9.74. The summed E-state index contributed by atoms with van der Waals surface area (Å²) in [6.45, 7) is -0.764. The normalized spacial score (nSPS) is 32.1. The van der Waals surface area contributed by atoms with Gasteiger partial charge < -0.3 is 63.8 Å². The summed E-state index contributed by atoms with van der Waals surface area (Å²) in [4.78, 5) is 12.9. The lowest BCUT2D eigenvalue weighted by Gasteiger charge is -2.41. The van der Waals surface area contributed by atoms with Crippen LogP contribution in [0.15, 0.2) is 51.7 Å². The van der Waals surface area contributed by atoms with E-state index >= 15 is 0 Å². The molecule has 1 aromatic heterocycles. The number of aromatic hydroxyl groups is 1. The molecule has 0 saturated carbocycles. The maximum Gasteiger partial charge on any atom is 0.229 e. The quantitative estimate of drug-likeness (QED) is 0.176. The highest BCUT2D eigenvalue weighted by atomic mass is 16.7. The Bertz CT molecular complexity index is 1410. The first-order chi connectivity index (χ1) is 19.6. The molecule has 0 bridgehead atoms. The third kappa shape index (κ3) is 5.88. The molecule has 2 aliphatic rings. The lowest BCUT2D eigenvalue weighted by Crippen LogP contribution is -2.61. The molecule has 2 fully saturated rings. The van der Waals surface area contributed by atoms with Crippen LogP contribution in [0.5, 0.6) is 17.2 Å². The Labute approximate surface area is 232 Å². The minimum absolute atomic E-state index is 0.0239. The minimum Gasteiger partial charge on any atom is -0.508 e. The van der Waals surface area contributed by atoms with Gasteiger partial charge in [0.05, 0.1) is 20.3 Å². The number of hydrogen-bond acceptors (Lipinski definition) is 14. The summed E-state index contributed by atoms with van der Waals surface area (Å²) < 4.78 is 33.3. The Morgan fingerprint density at radius 3 is 2.29 bits per heavy atom. The molecule has 3 heterocycles. The van der Waals surface area contributed by atoms with Crippen molar-refractivity contribution in [2.24, 2.45) is 0 Å². The largest absolute Gasteiger partial charge is 0.508 e. The fraction of sp³-hybridized carbons (Fsp3) is 0.444. The van der Waals surface area contributed by atoms with E-state index in [2.05, 4.69) is 0 Å². The van der Waals surface area contributed by atoms with Gasteiger partial charge in [-0.05, 0) is 24.3 Å². The number of fused-ring (bicyclic) bond motifs is 1. The van der Waals surface area contributed by atoms with E-state index in [0.717, 1.165) is 0 Å². The van der Waals surface area contributed by atoms with Gasteiger partial charge in [-0.25, -0.2) is 0 Å². The number of methoxy groups -OCH3 is 1. The molecule has 3 aromatic rings. The Morgan fingerprint density at radius 1 is 0.878 bits per heavy atom. The van der Waals surface area contributed by atoms with Crippen LogP contribution in [0.25, 0.3) is 22.3 Å². The number of aliphatic hydroxyl groups is 6. The number of benzene rings is 2. The summed E-state index contributed by atoms with van der Waals surface area (Å²) >= 11 is 0. The maximum absolute atomic E-state index is 12.9. The number of phenols is 1. The van der Waals surface area contributed by atoms with Gasteiger partial charge in [-0.3, -0.25) is 4.79 Å². The number of hydrogen-bond donors (Lipinski definition) is 7. The summed E-state index contributed by atoms with van der Waals surface area (Å²) in [7, 11) is 1.34. The predicted octanol–water partition coefficient (Wildman–Crippen LogP) is -1.18. The van der Waals surface area contributed by atoms with E-state index in [1.807, 2.05) is 0 Å². The average molecular weight is 579 g/mol. The highest BCUT2D eigenvalue weighted by molar-refractivity contribution is 5.86. The molecular weight excluding hydrogens is 548 g/mol. The van der Waals surface area contributed by atoms with Crippen LogP contribution in [0.1, 0.15) is 0 Å². The highest BCUT2D eigenvalue weighted by Gasteiger charge is 2.46. The van der Waals surface area contributed by atoms with Crippen molar-refractivity contribution in [3.05, 3.63) is 52.7 Å². The number of phenolic OH excluding ortho intramolecular Hbond substituents is 1. The van der Waals surface area contributed by atoms with Crippen LogP contribution in [0.3, 0.4) is 0 Å². The Morgan fingerprint density at radius 2 is 1.59 bits per heavy atom. The highest BCUT2D eigenvalue weighted by Crippen LogP contribution is 2.34. The number of ether oxygens (including phenoxy) is 5. The molecule has 7 N–H and O–H groups in total. The molecule has 0 unspecified atom stereocenters. The van der Waals surface area contributed by atoms with Gasteiger partial charge in [0.15, 0.2) is 11.7 Å². The van der Waals surface area contributed by atoms with Crippen molar-refractivity contribution < 1.29 is 63.8 Å². The van der Waals surface area contributed by atoms with Gasteiger partial charge in [-0.15, -0.1) is 0 Å². The van der Waals surface area contributed by atoms with Gasteiger partial charge in [0.25, 0.3) is 0 Å². The molecular formula is C27H30O14. The van der Waals surface area contributed by atoms with Crippen molar-refractivity contribution in [1.29, 1.82) is 0 Å². The van der Waals surface area contributed by atoms with E-state index in [-0.39, 0.29) is 40.6 Å². The van der Waals surface area contributed by atoms with E-state index < -0.39 is 67.3 Å². The van der Waals surface area contributed by atoms with Gasteiger partial charge in [0.1, 0.15) is 76.7 Å². The smallest absolute Gasteiger partial charge is 0.229 e. The molecule has 5 rings (SSSR count). The standard InChI is InChI=1S/C27H30O14/c1-36-17-6-13(7-18-20(17)14(29)8-16(40-18)11-2-4-12(28)5-3-11)39-27-25(35)23(33)22(32)19(41-27)10-38-26-24(34)21(31)15(30)9-37-26/h2-8,15,19,21-28,30-35H,9-10H2,1H3/t15-,19-,21+,22-,23+,24-,25-,26-,27-/m1/s1. The van der Waals surface area contributed by atoms with Crippen LogP contribution in [0.2, 0.25) is 0 Å². The van der Waals surface area contributed by atoms with Crippen LogP contribution in [-0.2, 0) is 14.2 Å². The Hall–Kier alpha value is -3.31. The van der Waals surface area contributed by atoms with Gasteiger partial charge >= 0.3 is 0 Å². The predicted molar refractivity (Wildman–Crippen MR) is 137 cm³/mol. The SMILES string of the molecule is COc1cc(O[C@@H]2O[C@H](CO[C@H]3OC[C@@H](O)[C@H](O)[C@H]3O)[C@@H](O)[C@H](O)[C@H]2O)cc2oc(-c3ccc(O)cc3)cc(=O)c12. The van der Waals surface area contributed by atoms with Crippen LogP contribution in [-0.4, -0.2) is 111 Å². The third-order valence-electron chi connectivity index (χ3n) is 6.94. The topological polar surface area (TPSA) is 218 Å². The summed E-state index contributed by atoms with van der Waals surface area (Å²) in [5, 5.41) is 70.6. The molecule has 0 spiro atoms. The molecule has 0 aliphatic carbocycles. The molecule has 14 nitrogen and oxygen atoms in total. The zero-order valence-corrected chi connectivity index (χ0v) is 21.6. The first-order valence-electron chi connectivity index (χ1n) is 12.7. The number of rotatable bonds is 7. The van der Waals surface area contributed by atoms with Crippen LogP contribution in [0.4, 0.5) is 0 Å². The maximum atomic E-state index is 12.9. The van der Waals surface area contributed by atoms with Crippen molar-refractivity contribution in [3.8, 4) is 28.6 Å². The van der Waals surface area contributed by atoms with Gasteiger partial charge in [0.2, 0.25) is 6.29 Å². The van der Waals surface area contributed by atoms with E-state index in [1.165, 1.54) is 37.4 Å². The van der Waals surface area contributed by atoms with Gasteiger partial charge in [0, 0.05) is 23.8 Å². The van der Waals surface area contributed by atoms with E-state index in [9.17, 15) is 40.5 Å². The lowest BCUT2D eigenvalue weighted by molar-refractivity contribution is -0.307. The summed E-state index contributed by atoms with van der Waals surface area (Å²) in [5.74, 6) is 0.362. The van der Waals surface area contributed by atoms with Crippen molar-refractivity contribution in [2.75, 3.05) is 20.3 Å². The van der Waals surface area contributed by atoms with Crippen molar-refractivity contribution in [3.63, 3.8) is 0 Å². The van der Waals surface area contributed by atoms with E-state index in [4.69, 9.17) is 28.1 Å². The lowest BCUT2D eigenvalue weighted by atomic mass is 9.99. The van der Waals surface area contributed by atoms with Crippen molar-refractivity contribution in [1.82, 2.24) is 0 Å². The zero-order chi connectivity index (χ0) is 29.4. The summed E-state index contributed by atoms with van der Waals surface area (Å²) in [5.41, 5.74) is 0.184. The van der Waals surface area contributed by atoms with Crippen LogP contribution < -0.4 is 14.9 Å². The molecule has 222 valence electrons. The number of aliphatic hydroxyl groups excluding tert-OH is 6. The average Bonchev–Trinajstić information content (AvgIpc) is 2.96. The molecule has 2 saturated heterocycles. The summed E-state index contributed by atoms with van der Waals surface area (Å²) in [6.07, 6.45) is -13.7. The third-order valence-corrected chi connectivity index (χ3v) is 6.94. The first kappa shape index (κ1) is 29.2. The molecule has 0 radical (unpaired) electrons. The fourth-order valence-corrected chi connectivity index (χ4v) is 4.63. The second kappa shape index (κ2) is 11.9. The molecule has 0 amide bonds. The Kier molecular flexibility index (Phi) is 8.47. The van der Waals surface area contributed by atoms with Gasteiger partial charge in [-0.1, -0.05) is 0 Å². The second-order valence-electron chi connectivity index (χ2n) is 9.74. The molecule has 41 heavy (non-hydrogen) atoms. The van der Waals surface area contributed by atoms with Crippen LogP contribution >= 0.6 is 0 Å². The minimum atomic E-state index is -1.73. The van der Waals surface area contributed by atoms with Gasteiger partial charge in [-0.2, -0.15) is 0 Å². The monoisotopic (exact) mass is 578 g/mol. The fourth-order valence-electron chi connectivity index (χ4n) is 4.63. The first-order valence-corrected chi connectivity index (χ1v) is 12.7. The zero-order valence-electron chi connectivity index (χ0n) is 21.6.